The lowest BCUT2D eigenvalue weighted by atomic mass is 9.94. The van der Waals surface area contributed by atoms with Crippen LogP contribution in [0, 0.1) is 0 Å². The number of alkyl halides is 6. The standard InChI is InChI=1S/C21H16F6N2O2/c22-19(23)20(24,21(25,26)27)12-6-5-11-17(30-15-9-3-1-7-13(15)28)18(12)31-16-10-4-2-8-14(16)29/h1-11,19H,28-29H2. The van der Waals surface area contributed by atoms with Gasteiger partial charge in [-0.1, -0.05) is 36.4 Å². The second-order valence-corrected chi connectivity index (χ2v) is 6.42. The third-order valence-corrected chi connectivity index (χ3v) is 4.35. The third-order valence-electron chi connectivity index (χ3n) is 4.35. The zero-order valence-corrected chi connectivity index (χ0v) is 15.7. The van der Waals surface area contributed by atoms with Gasteiger partial charge in [0.1, 0.15) is 0 Å². The molecule has 0 saturated carbocycles. The second-order valence-electron chi connectivity index (χ2n) is 6.42. The molecule has 0 aliphatic heterocycles. The fourth-order valence-electron chi connectivity index (χ4n) is 2.76. The van der Waals surface area contributed by atoms with Crippen molar-refractivity contribution < 1.29 is 35.8 Å². The first-order chi connectivity index (χ1) is 14.6. The highest BCUT2D eigenvalue weighted by atomic mass is 19.4. The first-order valence-corrected chi connectivity index (χ1v) is 8.77. The molecule has 31 heavy (non-hydrogen) atoms. The van der Waals surface area contributed by atoms with Crippen LogP contribution in [0.2, 0.25) is 0 Å². The molecule has 0 spiro atoms. The Labute approximate surface area is 173 Å². The Kier molecular flexibility index (Phi) is 5.92. The summed E-state index contributed by atoms with van der Waals surface area (Å²) in [6.45, 7) is 0. The number of nitrogen functional groups attached to an aromatic ring is 2. The van der Waals surface area contributed by atoms with Crippen molar-refractivity contribution in [3.8, 4) is 23.0 Å². The van der Waals surface area contributed by atoms with Gasteiger partial charge in [-0.15, -0.1) is 0 Å². The Morgan fingerprint density at radius 2 is 1.13 bits per heavy atom. The van der Waals surface area contributed by atoms with Gasteiger partial charge in [0.15, 0.2) is 23.0 Å². The van der Waals surface area contributed by atoms with E-state index < -0.39 is 35.3 Å². The van der Waals surface area contributed by atoms with Crippen LogP contribution in [-0.4, -0.2) is 12.6 Å². The molecule has 0 aliphatic carbocycles. The lowest BCUT2D eigenvalue weighted by Gasteiger charge is -2.29. The van der Waals surface area contributed by atoms with Gasteiger partial charge in [-0.2, -0.15) is 13.2 Å². The number of ether oxygens (including phenoxy) is 2. The topological polar surface area (TPSA) is 70.5 Å². The SMILES string of the molecule is Nc1ccccc1Oc1cccc(C(F)(C(F)F)C(F)(F)F)c1Oc1ccccc1N. The van der Waals surface area contributed by atoms with Crippen molar-refractivity contribution in [3.63, 3.8) is 0 Å². The fourth-order valence-corrected chi connectivity index (χ4v) is 2.76. The molecule has 0 aromatic heterocycles. The number of nitrogens with two attached hydrogens (primary N) is 2. The fraction of sp³-hybridized carbons (Fsp3) is 0.143. The predicted octanol–water partition coefficient (Wildman–Crippen LogP) is 6.43. The summed E-state index contributed by atoms with van der Waals surface area (Å²) in [4.78, 5) is 0. The smallest absolute Gasteiger partial charge is 0.432 e. The summed E-state index contributed by atoms with van der Waals surface area (Å²) in [6, 6.07) is 14.2. The average molecular weight is 442 g/mol. The van der Waals surface area contributed by atoms with Crippen molar-refractivity contribution in [2.75, 3.05) is 11.5 Å². The van der Waals surface area contributed by atoms with E-state index in [2.05, 4.69) is 0 Å². The van der Waals surface area contributed by atoms with Gasteiger partial charge in [-0.05, 0) is 30.3 Å². The van der Waals surface area contributed by atoms with E-state index in [1.165, 1.54) is 42.5 Å². The van der Waals surface area contributed by atoms with Gasteiger partial charge in [0.2, 0.25) is 0 Å². The lowest BCUT2D eigenvalue weighted by Crippen LogP contribution is -2.44. The third kappa shape index (κ3) is 4.18. The summed E-state index contributed by atoms with van der Waals surface area (Å²) in [7, 11) is 0. The van der Waals surface area contributed by atoms with E-state index in [9.17, 15) is 26.3 Å². The van der Waals surface area contributed by atoms with Crippen molar-refractivity contribution in [2.24, 2.45) is 0 Å². The molecule has 3 aromatic rings. The highest BCUT2D eigenvalue weighted by Crippen LogP contribution is 2.53. The number of halogens is 6. The molecule has 164 valence electrons. The summed E-state index contributed by atoms with van der Waals surface area (Å²) in [5, 5.41) is 0. The van der Waals surface area contributed by atoms with E-state index in [1.54, 1.807) is 6.07 Å². The van der Waals surface area contributed by atoms with Crippen LogP contribution in [0.3, 0.4) is 0 Å². The summed E-state index contributed by atoms with van der Waals surface area (Å²) in [6.07, 6.45) is -10.4. The number of benzene rings is 3. The monoisotopic (exact) mass is 442 g/mol. The molecule has 0 bridgehead atoms. The normalized spacial score (nSPS) is 13.6. The van der Waals surface area contributed by atoms with Gasteiger partial charge in [0.05, 0.1) is 16.9 Å². The van der Waals surface area contributed by atoms with Crippen LogP contribution in [0.5, 0.6) is 23.0 Å². The maximum Gasteiger partial charge on any atom is 0.432 e. The van der Waals surface area contributed by atoms with Crippen molar-refractivity contribution in [1.82, 2.24) is 0 Å². The zero-order chi connectivity index (χ0) is 22.8. The molecule has 1 atom stereocenters. The molecule has 10 heteroatoms. The minimum absolute atomic E-state index is 0.000882. The molecule has 0 heterocycles. The molecule has 0 amide bonds. The van der Waals surface area contributed by atoms with Gasteiger partial charge < -0.3 is 20.9 Å². The highest BCUT2D eigenvalue weighted by Gasteiger charge is 2.65. The largest absolute Gasteiger partial charge is 0.451 e. The number of hydrogen-bond donors (Lipinski definition) is 2. The van der Waals surface area contributed by atoms with E-state index >= 15 is 0 Å². The Balaban J connectivity index is 2.23. The number of hydrogen-bond acceptors (Lipinski definition) is 4. The van der Waals surface area contributed by atoms with Crippen LogP contribution in [0.4, 0.5) is 37.7 Å². The minimum Gasteiger partial charge on any atom is -0.451 e. The predicted molar refractivity (Wildman–Crippen MR) is 103 cm³/mol. The highest BCUT2D eigenvalue weighted by molar-refractivity contribution is 5.60. The quantitative estimate of drug-likeness (QED) is 0.341. The van der Waals surface area contributed by atoms with Crippen molar-refractivity contribution in [1.29, 1.82) is 0 Å². The first kappa shape index (κ1) is 22.1. The van der Waals surface area contributed by atoms with Crippen molar-refractivity contribution >= 4 is 11.4 Å². The van der Waals surface area contributed by atoms with Crippen LogP contribution in [0.1, 0.15) is 5.56 Å². The van der Waals surface area contributed by atoms with Gasteiger partial charge >= 0.3 is 6.18 Å². The van der Waals surface area contributed by atoms with E-state index in [1.807, 2.05) is 0 Å². The van der Waals surface area contributed by atoms with Crippen LogP contribution in [0.25, 0.3) is 0 Å². The Hall–Kier alpha value is -3.56. The Morgan fingerprint density at radius 1 is 0.645 bits per heavy atom. The summed E-state index contributed by atoms with van der Waals surface area (Å²) < 4.78 is 93.2. The zero-order valence-electron chi connectivity index (χ0n) is 15.7. The molecular formula is C21H16F6N2O2. The second kappa shape index (κ2) is 8.29. The van der Waals surface area contributed by atoms with Gasteiger partial charge in [-0.25, -0.2) is 13.2 Å². The van der Waals surface area contributed by atoms with Crippen LogP contribution in [-0.2, 0) is 5.67 Å². The van der Waals surface area contributed by atoms with Crippen LogP contribution < -0.4 is 20.9 Å². The summed E-state index contributed by atoms with van der Waals surface area (Å²) in [5.74, 6) is -1.56. The molecule has 0 saturated heterocycles. The van der Waals surface area contributed by atoms with Crippen molar-refractivity contribution in [2.45, 2.75) is 18.3 Å². The van der Waals surface area contributed by atoms with E-state index in [0.717, 1.165) is 12.1 Å². The van der Waals surface area contributed by atoms with Gasteiger partial charge in [-0.3, -0.25) is 0 Å². The molecule has 4 nitrogen and oxygen atoms in total. The molecular weight excluding hydrogens is 426 g/mol. The van der Waals surface area contributed by atoms with E-state index in [4.69, 9.17) is 20.9 Å². The average Bonchev–Trinajstić information content (AvgIpc) is 2.70. The lowest BCUT2D eigenvalue weighted by molar-refractivity contribution is -0.274. The summed E-state index contributed by atoms with van der Waals surface area (Å²) >= 11 is 0. The molecule has 3 aromatic carbocycles. The first-order valence-electron chi connectivity index (χ1n) is 8.77. The minimum atomic E-state index is -5.95. The van der Waals surface area contributed by atoms with Crippen LogP contribution in [0.15, 0.2) is 66.7 Å². The maximum absolute atomic E-state index is 14.9. The number of anilines is 2. The molecule has 0 fully saturated rings. The molecule has 0 radical (unpaired) electrons. The molecule has 3 rings (SSSR count). The summed E-state index contributed by atoms with van der Waals surface area (Å²) in [5.41, 5.74) is 5.11. The number of para-hydroxylation sites is 5. The Bertz CT molecular complexity index is 1070. The maximum atomic E-state index is 14.9. The van der Waals surface area contributed by atoms with E-state index in [0.29, 0.717) is 6.07 Å². The van der Waals surface area contributed by atoms with Crippen LogP contribution >= 0.6 is 0 Å². The molecule has 4 N–H and O–H groups in total. The van der Waals surface area contributed by atoms with Crippen molar-refractivity contribution in [3.05, 3.63) is 72.3 Å². The Morgan fingerprint density at radius 3 is 1.61 bits per heavy atom. The molecule has 0 aliphatic rings. The number of rotatable bonds is 6. The van der Waals surface area contributed by atoms with Gasteiger partial charge in [0.25, 0.3) is 12.1 Å². The van der Waals surface area contributed by atoms with E-state index in [-0.39, 0.29) is 22.9 Å². The van der Waals surface area contributed by atoms with Gasteiger partial charge in [0, 0.05) is 0 Å². The molecule has 1 unspecified atom stereocenters.